The van der Waals surface area contributed by atoms with Gasteiger partial charge in [-0.2, -0.15) is 0 Å². The van der Waals surface area contributed by atoms with Gasteiger partial charge < -0.3 is 9.53 Å². The summed E-state index contributed by atoms with van der Waals surface area (Å²) in [6.07, 6.45) is 2.46. The number of hydrogen-bond acceptors (Lipinski definition) is 3. The number of rotatable bonds is 3. The highest BCUT2D eigenvalue weighted by molar-refractivity contribution is 6.19. The Balaban J connectivity index is 2.28. The molecule has 0 spiro atoms. The topological polar surface area (TPSA) is 46.6 Å². The monoisotopic (exact) mass is 231 g/mol. The predicted molar refractivity (Wildman–Crippen MR) is 64.1 cm³/mol. The second-order valence-electron chi connectivity index (χ2n) is 3.70. The molecule has 1 fully saturated rings. The molecule has 2 rings (SSSR count). The third-order valence-corrected chi connectivity index (χ3v) is 2.85. The Morgan fingerprint density at radius 1 is 1.29 bits per heavy atom. The molecule has 0 aromatic heterocycles. The highest BCUT2D eigenvalue weighted by atomic mass is 16.5. The van der Waals surface area contributed by atoms with E-state index < -0.39 is 6.04 Å². The van der Waals surface area contributed by atoms with E-state index in [0.717, 1.165) is 12.0 Å². The van der Waals surface area contributed by atoms with Gasteiger partial charge in [-0.25, -0.2) is 0 Å². The molecule has 88 valence electrons. The zero-order valence-electron chi connectivity index (χ0n) is 9.71. The molecule has 4 heteroatoms. The van der Waals surface area contributed by atoms with E-state index in [1.54, 1.807) is 44.4 Å². The number of allylic oxidation sites excluding steroid dienone is 1. The van der Waals surface area contributed by atoms with Gasteiger partial charge in [-0.15, -0.1) is 0 Å². The molecule has 1 atom stereocenters. The lowest BCUT2D eigenvalue weighted by atomic mass is 9.94. The molecule has 1 amide bonds. The number of β-lactam (4-membered cyclic amide) rings is 1. The maximum absolute atomic E-state index is 11.8. The summed E-state index contributed by atoms with van der Waals surface area (Å²) in [6, 6.07) is 6.59. The smallest absolute Gasteiger partial charge is 0.257 e. The second-order valence-corrected chi connectivity index (χ2v) is 3.70. The van der Waals surface area contributed by atoms with Crippen molar-refractivity contribution < 1.29 is 14.3 Å². The Kier molecular flexibility index (Phi) is 2.95. The van der Waals surface area contributed by atoms with E-state index in [9.17, 15) is 9.59 Å². The van der Waals surface area contributed by atoms with Crippen molar-refractivity contribution in [1.82, 2.24) is 0 Å². The van der Waals surface area contributed by atoms with Crippen LogP contribution in [0.5, 0.6) is 5.75 Å². The minimum atomic E-state index is -0.458. The first-order valence-corrected chi connectivity index (χ1v) is 5.32. The Morgan fingerprint density at radius 2 is 1.94 bits per heavy atom. The van der Waals surface area contributed by atoms with Crippen LogP contribution in [0.25, 0.3) is 0 Å². The number of benzene rings is 1. The summed E-state index contributed by atoms with van der Waals surface area (Å²) in [7, 11) is 1.58. The van der Waals surface area contributed by atoms with Crippen molar-refractivity contribution in [3.63, 3.8) is 0 Å². The van der Waals surface area contributed by atoms with Crippen LogP contribution in [0.3, 0.4) is 0 Å². The van der Waals surface area contributed by atoms with Gasteiger partial charge in [0.2, 0.25) is 0 Å². The number of amides is 1. The molecule has 1 aliphatic heterocycles. The zero-order chi connectivity index (χ0) is 12.4. The van der Waals surface area contributed by atoms with Crippen LogP contribution in [0.15, 0.2) is 35.9 Å². The number of methoxy groups -OCH3 is 1. The van der Waals surface area contributed by atoms with E-state index >= 15 is 0 Å². The van der Waals surface area contributed by atoms with Gasteiger partial charge >= 0.3 is 0 Å². The molecule has 1 aromatic rings. The molecule has 17 heavy (non-hydrogen) atoms. The summed E-state index contributed by atoms with van der Waals surface area (Å²) in [5, 5.41) is 0. The lowest BCUT2D eigenvalue weighted by Crippen LogP contribution is -2.56. The van der Waals surface area contributed by atoms with Gasteiger partial charge in [0.15, 0.2) is 0 Å². The summed E-state index contributed by atoms with van der Waals surface area (Å²) in [5.41, 5.74) is 1.26. The minimum Gasteiger partial charge on any atom is -0.497 e. The highest BCUT2D eigenvalue weighted by Gasteiger charge is 2.42. The predicted octanol–water partition coefficient (Wildman–Crippen LogP) is 1.56. The molecule has 0 radical (unpaired) electrons. The van der Waals surface area contributed by atoms with E-state index in [1.165, 1.54) is 4.90 Å². The van der Waals surface area contributed by atoms with E-state index in [2.05, 4.69) is 0 Å². The molecule has 1 heterocycles. The average molecular weight is 231 g/mol. The van der Waals surface area contributed by atoms with E-state index in [-0.39, 0.29) is 5.91 Å². The maximum Gasteiger partial charge on any atom is 0.257 e. The molecule has 0 bridgehead atoms. The van der Waals surface area contributed by atoms with Gasteiger partial charge in [0.1, 0.15) is 18.1 Å². The van der Waals surface area contributed by atoms with Crippen molar-refractivity contribution >= 4 is 17.9 Å². The van der Waals surface area contributed by atoms with Crippen molar-refractivity contribution in [2.24, 2.45) is 0 Å². The molecule has 4 nitrogen and oxygen atoms in total. The Bertz CT molecular complexity index is 476. The van der Waals surface area contributed by atoms with Crippen LogP contribution in [0.4, 0.5) is 5.69 Å². The summed E-state index contributed by atoms with van der Waals surface area (Å²) in [5.74, 6) is 0.602. The Morgan fingerprint density at radius 3 is 2.41 bits per heavy atom. The summed E-state index contributed by atoms with van der Waals surface area (Å²) >= 11 is 0. The van der Waals surface area contributed by atoms with Crippen molar-refractivity contribution in [3.05, 3.63) is 35.9 Å². The number of ether oxygens (including phenoxy) is 1. The largest absolute Gasteiger partial charge is 0.497 e. The number of carbonyl (C=O) groups is 2. The van der Waals surface area contributed by atoms with Crippen LogP contribution in [0, 0.1) is 0 Å². The Hall–Kier alpha value is -2.10. The van der Waals surface area contributed by atoms with Gasteiger partial charge in [-0.05, 0) is 31.2 Å². The van der Waals surface area contributed by atoms with E-state index in [0.29, 0.717) is 11.3 Å². The fourth-order valence-electron chi connectivity index (χ4n) is 1.91. The second kappa shape index (κ2) is 4.41. The minimum absolute atomic E-state index is 0.116. The van der Waals surface area contributed by atoms with Crippen LogP contribution in [0.2, 0.25) is 0 Å². The molecule has 1 unspecified atom stereocenters. The molecule has 0 N–H and O–H groups in total. The van der Waals surface area contributed by atoms with Crippen LogP contribution < -0.4 is 9.64 Å². The zero-order valence-corrected chi connectivity index (χ0v) is 9.71. The number of carbonyl (C=O) groups excluding carboxylic acids is 2. The van der Waals surface area contributed by atoms with Crippen LogP contribution in [-0.4, -0.2) is 25.3 Å². The lowest BCUT2D eigenvalue weighted by Gasteiger charge is -2.39. The molecule has 0 saturated carbocycles. The first-order chi connectivity index (χ1) is 8.22. The van der Waals surface area contributed by atoms with Gasteiger partial charge in [-0.1, -0.05) is 6.08 Å². The SMILES string of the molecule is C/C=C1/C(=O)N(c2ccc(OC)cc2)C1C=O. The molecular formula is C13H13NO3. The first kappa shape index (κ1) is 11.4. The average Bonchev–Trinajstić information content (AvgIpc) is 2.37. The highest BCUT2D eigenvalue weighted by Crippen LogP contribution is 2.31. The van der Waals surface area contributed by atoms with Gasteiger partial charge in [-0.3, -0.25) is 9.69 Å². The third-order valence-electron chi connectivity index (χ3n) is 2.85. The molecular weight excluding hydrogens is 218 g/mol. The van der Waals surface area contributed by atoms with Gasteiger partial charge in [0.25, 0.3) is 5.91 Å². The van der Waals surface area contributed by atoms with Crippen LogP contribution >= 0.6 is 0 Å². The number of aldehydes is 1. The Labute approximate surface area is 99.5 Å². The molecule has 1 aromatic carbocycles. The van der Waals surface area contributed by atoms with Crippen molar-refractivity contribution in [1.29, 1.82) is 0 Å². The fourth-order valence-corrected chi connectivity index (χ4v) is 1.91. The summed E-state index contributed by atoms with van der Waals surface area (Å²) in [6.45, 7) is 1.76. The molecule has 1 aliphatic rings. The third kappa shape index (κ3) is 1.71. The molecule has 1 saturated heterocycles. The fraction of sp³-hybridized carbons (Fsp3) is 0.231. The lowest BCUT2D eigenvalue weighted by molar-refractivity contribution is -0.122. The number of hydrogen-bond donors (Lipinski definition) is 0. The number of anilines is 1. The summed E-state index contributed by atoms with van der Waals surface area (Å²) < 4.78 is 5.04. The number of nitrogens with zero attached hydrogens (tertiary/aromatic N) is 1. The van der Waals surface area contributed by atoms with Crippen molar-refractivity contribution in [3.8, 4) is 5.75 Å². The van der Waals surface area contributed by atoms with Crippen molar-refractivity contribution in [2.75, 3.05) is 12.0 Å². The van der Waals surface area contributed by atoms with Crippen LogP contribution in [-0.2, 0) is 9.59 Å². The van der Waals surface area contributed by atoms with Crippen LogP contribution in [0.1, 0.15) is 6.92 Å². The first-order valence-electron chi connectivity index (χ1n) is 5.32. The van der Waals surface area contributed by atoms with E-state index in [1.807, 2.05) is 0 Å². The quantitative estimate of drug-likeness (QED) is 0.450. The maximum atomic E-state index is 11.8. The standard InChI is InChI=1S/C13H13NO3/c1-3-11-12(8-15)14(13(11)16)9-4-6-10(17-2)7-5-9/h3-8,12H,1-2H3/b11-3+. The normalized spacial score (nSPS) is 21.3. The van der Waals surface area contributed by atoms with E-state index in [4.69, 9.17) is 4.74 Å². The summed E-state index contributed by atoms with van der Waals surface area (Å²) in [4.78, 5) is 24.2. The van der Waals surface area contributed by atoms with Gasteiger partial charge in [0, 0.05) is 11.3 Å². The van der Waals surface area contributed by atoms with Gasteiger partial charge in [0.05, 0.1) is 7.11 Å². The van der Waals surface area contributed by atoms with Crippen molar-refractivity contribution in [2.45, 2.75) is 13.0 Å². The molecule has 0 aliphatic carbocycles.